The molecular formula is C24H14F2N2O3S. The summed E-state index contributed by atoms with van der Waals surface area (Å²) in [5.41, 5.74) is -0.607. The largest absolute Gasteiger partial charge is 0.422 e. The number of amides is 1. The average Bonchev–Trinajstić information content (AvgIpc) is 3.10. The lowest BCUT2D eigenvalue weighted by Crippen LogP contribution is -2.19. The van der Waals surface area contributed by atoms with Crippen molar-refractivity contribution in [3.05, 3.63) is 99.7 Å². The minimum absolute atomic E-state index is 0.111. The van der Waals surface area contributed by atoms with Crippen molar-refractivity contribution in [2.24, 2.45) is 4.99 Å². The molecule has 32 heavy (non-hydrogen) atoms. The van der Waals surface area contributed by atoms with Crippen molar-refractivity contribution in [2.45, 2.75) is 6.54 Å². The third-order valence-electron chi connectivity index (χ3n) is 5.08. The molecule has 8 heteroatoms. The Kier molecular flexibility index (Phi) is 4.79. The fraction of sp³-hybridized carbons (Fsp3) is 0.0417. The zero-order valence-corrected chi connectivity index (χ0v) is 17.3. The molecule has 3 aromatic carbocycles. The minimum Gasteiger partial charge on any atom is -0.422 e. The normalized spacial score (nSPS) is 12.1. The summed E-state index contributed by atoms with van der Waals surface area (Å²) < 4.78 is 35.1. The number of allylic oxidation sites excluding steroid dienone is 1. The van der Waals surface area contributed by atoms with Crippen molar-refractivity contribution in [3.8, 4) is 0 Å². The summed E-state index contributed by atoms with van der Waals surface area (Å²) in [4.78, 5) is 29.6. The summed E-state index contributed by atoms with van der Waals surface area (Å²) in [6.07, 6.45) is 1.51. The van der Waals surface area contributed by atoms with E-state index in [4.69, 9.17) is 4.42 Å². The molecule has 0 aliphatic heterocycles. The Balaban J connectivity index is 1.73. The van der Waals surface area contributed by atoms with Gasteiger partial charge in [-0.25, -0.2) is 13.6 Å². The molecule has 0 fully saturated rings. The molecule has 0 unspecified atom stereocenters. The third-order valence-corrected chi connectivity index (χ3v) is 6.10. The molecule has 0 aliphatic rings. The average molecular weight is 448 g/mol. The molecular weight excluding hydrogens is 434 g/mol. The fourth-order valence-corrected chi connectivity index (χ4v) is 4.76. The summed E-state index contributed by atoms with van der Waals surface area (Å²) in [5, 5.41) is 2.35. The molecule has 5 aromatic rings. The monoisotopic (exact) mass is 448 g/mol. The van der Waals surface area contributed by atoms with Gasteiger partial charge in [0.25, 0.3) is 5.91 Å². The SMILES string of the molecule is C=CCn1c(=NC(=O)c2cc3c(ccc4ccccc43)oc2=O)sc2cc(F)cc(F)c21. The highest BCUT2D eigenvalue weighted by molar-refractivity contribution is 7.16. The molecule has 0 saturated heterocycles. The van der Waals surface area contributed by atoms with Gasteiger partial charge in [-0.05, 0) is 29.0 Å². The predicted octanol–water partition coefficient (Wildman–Crippen LogP) is 5.17. The minimum atomic E-state index is -0.834. The van der Waals surface area contributed by atoms with Crippen LogP contribution in [0.5, 0.6) is 0 Å². The van der Waals surface area contributed by atoms with Gasteiger partial charge >= 0.3 is 5.63 Å². The number of aromatic nitrogens is 1. The van der Waals surface area contributed by atoms with Crippen molar-refractivity contribution < 1.29 is 18.0 Å². The van der Waals surface area contributed by atoms with Crippen LogP contribution in [0, 0.1) is 11.6 Å². The molecule has 0 bridgehead atoms. The number of thiazole rings is 1. The molecule has 158 valence electrons. The highest BCUT2D eigenvalue weighted by atomic mass is 32.1. The Morgan fingerprint density at radius 2 is 1.94 bits per heavy atom. The lowest BCUT2D eigenvalue weighted by atomic mass is 10.0. The van der Waals surface area contributed by atoms with E-state index in [9.17, 15) is 18.4 Å². The van der Waals surface area contributed by atoms with Gasteiger partial charge in [-0.15, -0.1) is 6.58 Å². The van der Waals surface area contributed by atoms with Gasteiger partial charge in [0.2, 0.25) is 0 Å². The number of rotatable bonds is 3. The molecule has 0 aliphatic carbocycles. The standard InChI is InChI=1S/C24H14F2N2O3S/c1-2-9-28-21-18(26)10-14(25)11-20(21)32-24(28)27-22(29)17-12-16-15-6-4-3-5-13(15)7-8-19(16)31-23(17)30/h2-8,10-12H,1,9H2. The van der Waals surface area contributed by atoms with Gasteiger partial charge in [0.05, 0.1) is 10.2 Å². The molecule has 2 heterocycles. The molecule has 0 spiro atoms. The van der Waals surface area contributed by atoms with E-state index in [0.29, 0.717) is 11.0 Å². The van der Waals surface area contributed by atoms with E-state index in [1.54, 1.807) is 6.07 Å². The zero-order valence-electron chi connectivity index (χ0n) is 16.5. The van der Waals surface area contributed by atoms with E-state index in [-0.39, 0.29) is 27.1 Å². The number of carbonyl (C=O) groups is 1. The summed E-state index contributed by atoms with van der Waals surface area (Å²) in [5.74, 6) is -2.34. The van der Waals surface area contributed by atoms with Crippen molar-refractivity contribution >= 4 is 49.2 Å². The van der Waals surface area contributed by atoms with Crippen LogP contribution in [-0.4, -0.2) is 10.5 Å². The quantitative estimate of drug-likeness (QED) is 0.217. The van der Waals surface area contributed by atoms with Crippen LogP contribution in [0.25, 0.3) is 32.0 Å². The Morgan fingerprint density at radius 3 is 2.75 bits per heavy atom. The maximum absolute atomic E-state index is 14.4. The third kappa shape index (κ3) is 3.25. The molecule has 0 saturated carbocycles. The first kappa shape index (κ1) is 20.0. The number of benzene rings is 3. The van der Waals surface area contributed by atoms with Crippen molar-refractivity contribution in [1.82, 2.24) is 4.57 Å². The van der Waals surface area contributed by atoms with Crippen molar-refractivity contribution in [1.29, 1.82) is 0 Å². The predicted molar refractivity (Wildman–Crippen MR) is 120 cm³/mol. The van der Waals surface area contributed by atoms with Crippen molar-refractivity contribution in [2.75, 3.05) is 0 Å². The van der Waals surface area contributed by atoms with Gasteiger partial charge in [0, 0.05) is 18.0 Å². The van der Waals surface area contributed by atoms with Crippen LogP contribution in [0.2, 0.25) is 0 Å². The molecule has 5 rings (SSSR count). The summed E-state index contributed by atoms with van der Waals surface area (Å²) in [7, 11) is 0. The summed E-state index contributed by atoms with van der Waals surface area (Å²) >= 11 is 0.942. The smallest absolute Gasteiger partial charge is 0.349 e. The van der Waals surface area contributed by atoms with Crippen LogP contribution >= 0.6 is 11.3 Å². The van der Waals surface area contributed by atoms with Crippen LogP contribution in [0.3, 0.4) is 0 Å². The Morgan fingerprint density at radius 1 is 1.12 bits per heavy atom. The number of halogens is 2. The van der Waals surface area contributed by atoms with E-state index in [1.165, 1.54) is 22.8 Å². The first-order chi connectivity index (χ1) is 15.5. The maximum atomic E-state index is 14.4. The zero-order chi connectivity index (χ0) is 22.4. The van der Waals surface area contributed by atoms with Gasteiger partial charge in [-0.1, -0.05) is 47.7 Å². The Labute approximate surface area is 183 Å². The summed E-state index contributed by atoms with van der Waals surface area (Å²) in [6.45, 7) is 3.79. The first-order valence-corrected chi connectivity index (χ1v) is 10.4. The van der Waals surface area contributed by atoms with Gasteiger partial charge in [-0.2, -0.15) is 4.99 Å². The van der Waals surface area contributed by atoms with Gasteiger partial charge in [-0.3, -0.25) is 4.79 Å². The van der Waals surface area contributed by atoms with Crippen molar-refractivity contribution in [3.63, 3.8) is 0 Å². The molecule has 1 amide bonds. The highest BCUT2D eigenvalue weighted by Gasteiger charge is 2.17. The second-order valence-corrected chi connectivity index (χ2v) is 8.09. The van der Waals surface area contributed by atoms with E-state index in [2.05, 4.69) is 11.6 Å². The van der Waals surface area contributed by atoms with Crippen LogP contribution in [0.1, 0.15) is 10.4 Å². The number of nitrogens with zero attached hydrogens (tertiary/aromatic N) is 2. The molecule has 0 radical (unpaired) electrons. The van der Waals surface area contributed by atoms with Gasteiger partial charge < -0.3 is 8.98 Å². The second-order valence-electron chi connectivity index (χ2n) is 7.08. The number of hydrogen-bond acceptors (Lipinski definition) is 4. The van der Waals surface area contributed by atoms with Crippen LogP contribution in [0.4, 0.5) is 8.78 Å². The number of hydrogen-bond donors (Lipinski definition) is 0. The molecule has 0 atom stereocenters. The lowest BCUT2D eigenvalue weighted by Gasteiger charge is -2.04. The van der Waals surface area contributed by atoms with E-state index < -0.39 is 23.2 Å². The van der Waals surface area contributed by atoms with E-state index in [1.807, 2.05) is 30.3 Å². The summed E-state index contributed by atoms with van der Waals surface area (Å²) in [6, 6.07) is 14.4. The van der Waals surface area contributed by atoms with Crippen LogP contribution in [-0.2, 0) is 6.54 Å². The maximum Gasteiger partial charge on any atom is 0.349 e. The van der Waals surface area contributed by atoms with Gasteiger partial charge in [0.1, 0.15) is 17.0 Å². The van der Waals surface area contributed by atoms with E-state index >= 15 is 0 Å². The van der Waals surface area contributed by atoms with E-state index in [0.717, 1.165) is 28.2 Å². The lowest BCUT2D eigenvalue weighted by molar-refractivity contribution is 0.0994. The van der Waals surface area contributed by atoms with Crippen LogP contribution in [0.15, 0.2) is 81.5 Å². The van der Waals surface area contributed by atoms with Crippen LogP contribution < -0.4 is 10.4 Å². The Bertz CT molecular complexity index is 1700. The molecule has 0 N–H and O–H groups in total. The Hall–Kier alpha value is -3.91. The number of fused-ring (bicyclic) bond motifs is 4. The highest BCUT2D eigenvalue weighted by Crippen LogP contribution is 2.25. The fourth-order valence-electron chi connectivity index (χ4n) is 3.68. The molecule has 2 aromatic heterocycles. The first-order valence-electron chi connectivity index (χ1n) is 9.60. The second kappa shape index (κ2) is 7.65. The molecule has 5 nitrogen and oxygen atoms in total. The van der Waals surface area contributed by atoms with Gasteiger partial charge in [0.15, 0.2) is 10.6 Å². The topological polar surface area (TPSA) is 64.6 Å². The number of carbonyl (C=O) groups excluding carboxylic acids is 1.